The Kier molecular flexibility index (Phi) is 5.38. The van der Waals surface area contributed by atoms with E-state index in [1.165, 1.54) is 0 Å². The van der Waals surface area contributed by atoms with Gasteiger partial charge in [-0.15, -0.1) is 0 Å². The molecule has 2 atom stereocenters. The van der Waals surface area contributed by atoms with Crippen LogP contribution in [0.1, 0.15) is 12.8 Å². The summed E-state index contributed by atoms with van der Waals surface area (Å²) < 4.78 is 5.45. The van der Waals surface area contributed by atoms with Gasteiger partial charge in [-0.1, -0.05) is 12.1 Å². The van der Waals surface area contributed by atoms with Crippen LogP contribution in [0.2, 0.25) is 0 Å². The average molecular weight is 321 g/mol. The monoisotopic (exact) mass is 321 g/mol. The summed E-state index contributed by atoms with van der Waals surface area (Å²) in [6.45, 7) is 5.50. The summed E-state index contributed by atoms with van der Waals surface area (Å²) in [5.74, 6) is 0.921. The van der Waals surface area contributed by atoms with Crippen LogP contribution in [0.15, 0.2) is 24.3 Å². The summed E-state index contributed by atoms with van der Waals surface area (Å²) in [6, 6.07) is 8.13. The molecule has 2 saturated heterocycles. The standard InChI is InChI=1S/C17H27N3O3/c1-23-15-5-3-2-4-14(15)19-11-8-18(9-12-19)10-13-20-16(21)6-7-17(20)22/h2-5,16-17,21-22H,6-13H2,1H3. The average Bonchev–Trinajstić information content (AvgIpc) is 2.92. The van der Waals surface area contributed by atoms with Crippen LogP contribution in [0.4, 0.5) is 5.69 Å². The number of hydrogen-bond donors (Lipinski definition) is 2. The molecule has 23 heavy (non-hydrogen) atoms. The molecule has 0 spiro atoms. The van der Waals surface area contributed by atoms with Crippen molar-refractivity contribution in [3.63, 3.8) is 0 Å². The van der Waals surface area contributed by atoms with Crippen molar-refractivity contribution in [1.29, 1.82) is 0 Å². The highest BCUT2D eigenvalue weighted by molar-refractivity contribution is 5.58. The van der Waals surface area contributed by atoms with Crippen molar-refractivity contribution in [2.75, 3.05) is 51.3 Å². The van der Waals surface area contributed by atoms with E-state index in [9.17, 15) is 10.2 Å². The van der Waals surface area contributed by atoms with Gasteiger partial charge in [0.25, 0.3) is 0 Å². The first-order valence-corrected chi connectivity index (χ1v) is 8.41. The van der Waals surface area contributed by atoms with Crippen molar-refractivity contribution in [2.24, 2.45) is 0 Å². The van der Waals surface area contributed by atoms with Gasteiger partial charge in [-0.2, -0.15) is 0 Å². The van der Waals surface area contributed by atoms with E-state index < -0.39 is 12.5 Å². The van der Waals surface area contributed by atoms with Crippen molar-refractivity contribution in [2.45, 2.75) is 25.3 Å². The van der Waals surface area contributed by atoms with Crippen molar-refractivity contribution >= 4 is 5.69 Å². The van der Waals surface area contributed by atoms with E-state index in [1.807, 2.05) is 18.2 Å². The Morgan fingerprint density at radius 1 is 1.00 bits per heavy atom. The molecule has 0 bridgehead atoms. The maximum absolute atomic E-state index is 9.86. The minimum absolute atomic E-state index is 0.486. The minimum atomic E-state index is -0.486. The van der Waals surface area contributed by atoms with Gasteiger partial charge in [0.2, 0.25) is 0 Å². The number of nitrogens with zero attached hydrogens (tertiary/aromatic N) is 3. The molecular weight excluding hydrogens is 294 g/mol. The van der Waals surface area contributed by atoms with E-state index in [1.54, 1.807) is 12.0 Å². The fourth-order valence-electron chi connectivity index (χ4n) is 3.49. The molecule has 6 heteroatoms. The van der Waals surface area contributed by atoms with Crippen molar-refractivity contribution in [3.05, 3.63) is 24.3 Å². The Bertz CT molecular complexity index is 496. The molecule has 1 aromatic carbocycles. The van der Waals surface area contributed by atoms with Crippen molar-refractivity contribution < 1.29 is 14.9 Å². The van der Waals surface area contributed by atoms with Crippen molar-refractivity contribution in [3.8, 4) is 5.75 Å². The largest absolute Gasteiger partial charge is 0.495 e. The number of para-hydroxylation sites is 2. The van der Waals surface area contributed by atoms with Crippen LogP contribution < -0.4 is 9.64 Å². The number of rotatable bonds is 5. The van der Waals surface area contributed by atoms with E-state index in [-0.39, 0.29) is 0 Å². The fourth-order valence-corrected chi connectivity index (χ4v) is 3.49. The Labute approximate surface area is 137 Å². The van der Waals surface area contributed by atoms with Gasteiger partial charge in [0.1, 0.15) is 18.2 Å². The number of likely N-dealkylation sites (tertiary alicyclic amines) is 1. The first-order chi connectivity index (χ1) is 11.2. The molecule has 1 aromatic rings. The highest BCUT2D eigenvalue weighted by Crippen LogP contribution is 2.28. The number of methoxy groups -OCH3 is 1. The Morgan fingerprint density at radius 2 is 1.65 bits per heavy atom. The van der Waals surface area contributed by atoms with Gasteiger partial charge in [-0.25, -0.2) is 0 Å². The lowest BCUT2D eigenvalue weighted by Crippen LogP contribution is -2.49. The molecule has 0 amide bonds. The molecule has 0 saturated carbocycles. The van der Waals surface area contributed by atoms with E-state index >= 15 is 0 Å². The smallest absolute Gasteiger partial charge is 0.142 e. The number of benzene rings is 1. The lowest BCUT2D eigenvalue weighted by atomic mass is 10.2. The Balaban J connectivity index is 1.49. The van der Waals surface area contributed by atoms with E-state index in [2.05, 4.69) is 15.9 Å². The molecule has 2 aliphatic rings. The van der Waals surface area contributed by atoms with Gasteiger partial charge in [0, 0.05) is 39.3 Å². The van der Waals surface area contributed by atoms with Crippen LogP contribution in [0, 0.1) is 0 Å². The van der Waals surface area contributed by atoms with Gasteiger partial charge >= 0.3 is 0 Å². The molecule has 0 aliphatic carbocycles. The maximum atomic E-state index is 9.86. The zero-order chi connectivity index (χ0) is 16.2. The molecule has 2 unspecified atom stereocenters. The SMILES string of the molecule is COc1ccccc1N1CCN(CCN2C(O)CCC2O)CC1. The number of aliphatic hydroxyl groups is 2. The minimum Gasteiger partial charge on any atom is -0.495 e. The molecule has 0 aromatic heterocycles. The normalized spacial score (nSPS) is 26.7. The van der Waals surface area contributed by atoms with Gasteiger partial charge in [-0.05, 0) is 25.0 Å². The summed E-state index contributed by atoms with van der Waals surface area (Å²) in [4.78, 5) is 6.55. The summed E-state index contributed by atoms with van der Waals surface area (Å²) in [6.07, 6.45) is 0.366. The Hall–Kier alpha value is -1.34. The summed E-state index contributed by atoms with van der Waals surface area (Å²) in [5.41, 5.74) is 1.15. The highest BCUT2D eigenvalue weighted by Gasteiger charge is 2.30. The molecule has 128 valence electrons. The molecule has 6 nitrogen and oxygen atoms in total. The third-order valence-electron chi connectivity index (χ3n) is 4.92. The van der Waals surface area contributed by atoms with Crippen LogP contribution >= 0.6 is 0 Å². The first kappa shape index (κ1) is 16.5. The zero-order valence-corrected chi connectivity index (χ0v) is 13.8. The molecule has 0 radical (unpaired) electrons. The predicted octanol–water partition coefficient (Wildman–Crippen LogP) is 0.550. The molecule has 2 fully saturated rings. The fraction of sp³-hybridized carbons (Fsp3) is 0.647. The molecule has 2 heterocycles. The van der Waals surface area contributed by atoms with Crippen LogP contribution in [-0.2, 0) is 0 Å². The van der Waals surface area contributed by atoms with Gasteiger partial charge in [0.15, 0.2) is 0 Å². The van der Waals surface area contributed by atoms with Crippen LogP contribution in [0.3, 0.4) is 0 Å². The molecule has 2 N–H and O–H groups in total. The lowest BCUT2D eigenvalue weighted by Gasteiger charge is -2.37. The third-order valence-corrected chi connectivity index (χ3v) is 4.92. The molecular formula is C17H27N3O3. The quantitative estimate of drug-likeness (QED) is 0.826. The predicted molar refractivity (Wildman–Crippen MR) is 89.6 cm³/mol. The summed E-state index contributed by atoms with van der Waals surface area (Å²) >= 11 is 0. The highest BCUT2D eigenvalue weighted by atomic mass is 16.5. The summed E-state index contributed by atoms with van der Waals surface area (Å²) in [7, 11) is 1.71. The van der Waals surface area contributed by atoms with Crippen LogP contribution in [0.5, 0.6) is 5.75 Å². The van der Waals surface area contributed by atoms with Gasteiger partial charge in [-0.3, -0.25) is 9.80 Å². The second kappa shape index (κ2) is 7.49. The lowest BCUT2D eigenvalue weighted by molar-refractivity contribution is -0.0565. The number of hydrogen-bond acceptors (Lipinski definition) is 6. The number of ether oxygens (including phenoxy) is 1. The second-order valence-electron chi connectivity index (χ2n) is 6.28. The maximum Gasteiger partial charge on any atom is 0.142 e. The number of piperazine rings is 1. The molecule has 3 rings (SSSR count). The van der Waals surface area contributed by atoms with E-state index in [0.29, 0.717) is 12.8 Å². The molecule has 2 aliphatic heterocycles. The van der Waals surface area contributed by atoms with Gasteiger partial charge < -0.3 is 19.8 Å². The number of aliphatic hydroxyl groups excluding tert-OH is 2. The van der Waals surface area contributed by atoms with Crippen LogP contribution in [-0.4, -0.2) is 78.8 Å². The zero-order valence-electron chi connectivity index (χ0n) is 13.8. The van der Waals surface area contributed by atoms with Gasteiger partial charge in [0.05, 0.1) is 12.8 Å². The first-order valence-electron chi connectivity index (χ1n) is 8.41. The summed E-state index contributed by atoms with van der Waals surface area (Å²) in [5, 5.41) is 19.7. The van der Waals surface area contributed by atoms with E-state index in [0.717, 1.165) is 50.7 Å². The second-order valence-corrected chi connectivity index (χ2v) is 6.28. The van der Waals surface area contributed by atoms with E-state index in [4.69, 9.17) is 4.74 Å². The number of anilines is 1. The topological polar surface area (TPSA) is 59.4 Å². The Morgan fingerprint density at radius 3 is 2.30 bits per heavy atom. The van der Waals surface area contributed by atoms with Crippen molar-refractivity contribution in [1.82, 2.24) is 9.80 Å². The van der Waals surface area contributed by atoms with Crippen LogP contribution in [0.25, 0.3) is 0 Å². The third kappa shape index (κ3) is 3.77.